The van der Waals surface area contributed by atoms with E-state index < -0.39 is 0 Å². The van der Waals surface area contributed by atoms with Crippen LogP contribution in [0.1, 0.15) is 71.1 Å². The zero-order valence-electron chi connectivity index (χ0n) is 20.3. The summed E-state index contributed by atoms with van der Waals surface area (Å²) in [6, 6.07) is 25.2. The molecule has 3 aromatic rings. The minimum atomic E-state index is 0.791. The first-order valence-corrected chi connectivity index (χ1v) is 14.3. The van der Waals surface area contributed by atoms with Gasteiger partial charge >= 0.3 is 0 Å². The molecule has 0 aliphatic carbocycles. The number of benzene rings is 3. The van der Waals surface area contributed by atoms with Gasteiger partial charge in [0.1, 0.15) is 5.75 Å². The van der Waals surface area contributed by atoms with Gasteiger partial charge in [-0.05, 0) is 79.2 Å². The predicted molar refractivity (Wildman–Crippen MR) is 154 cm³/mol. The van der Waals surface area contributed by atoms with Crippen molar-refractivity contribution in [1.29, 1.82) is 0 Å². The molecule has 3 aromatic carbocycles. The first-order chi connectivity index (χ1) is 16.7. The van der Waals surface area contributed by atoms with Gasteiger partial charge in [0.15, 0.2) is 0 Å². The molecular weight excluding hydrogens is 550 g/mol. The molecule has 0 radical (unpaired) electrons. The minimum Gasteiger partial charge on any atom is -0.494 e. The Morgan fingerprint density at radius 3 is 1.35 bits per heavy atom. The molecule has 0 amide bonds. The Morgan fingerprint density at radius 1 is 0.529 bits per heavy atom. The van der Waals surface area contributed by atoms with E-state index in [0.717, 1.165) is 44.8 Å². The van der Waals surface area contributed by atoms with Crippen molar-refractivity contribution in [2.24, 2.45) is 0 Å². The van der Waals surface area contributed by atoms with Crippen molar-refractivity contribution in [1.82, 2.24) is 0 Å². The molecule has 0 unspecified atom stereocenters. The lowest BCUT2D eigenvalue weighted by atomic mass is 10.1. The zero-order chi connectivity index (χ0) is 24.0. The van der Waals surface area contributed by atoms with Crippen LogP contribution < -0.4 is 9.64 Å². The van der Waals surface area contributed by atoms with Crippen LogP contribution in [-0.2, 0) is 0 Å². The molecule has 0 aliphatic rings. The maximum absolute atomic E-state index is 6.02. The standard InChI is InChI=1S/C30H37Br2NO/c1-2-3-4-5-6-7-8-9-10-11-24-34-30-22-20-29(21-23-30)33(27-16-12-25(31)13-17-27)28-18-14-26(32)15-19-28/h12-23H,2-11,24H2,1H3. The first kappa shape index (κ1) is 26.8. The van der Waals surface area contributed by atoms with Crippen LogP contribution >= 0.6 is 31.9 Å². The summed E-state index contributed by atoms with van der Waals surface area (Å²) >= 11 is 7.09. The summed E-state index contributed by atoms with van der Waals surface area (Å²) in [5.74, 6) is 0.936. The number of nitrogens with zero attached hydrogens (tertiary/aromatic N) is 1. The number of halogens is 2. The van der Waals surface area contributed by atoms with Crippen LogP contribution in [0.4, 0.5) is 17.1 Å². The van der Waals surface area contributed by atoms with Crippen molar-refractivity contribution in [2.45, 2.75) is 71.1 Å². The molecule has 0 saturated heterocycles. The maximum Gasteiger partial charge on any atom is 0.119 e. The Hall–Kier alpha value is -1.78. The number of anilines is 3. The normalized spacial score (nSPS) is 10.9. The highest BCUT2D eigenvalue weighted by Crippen LogP contribution is 2.36. The van der Waals surface area contributed by atoms with Crippen molar-refractivity contribution < 1.29 is 4.74 Å². The average Bonchev–Trinajstić information content (AvgIpc) is 2.86. The Bertz CT molecular complexity index is 894. The monoisotopic (exact) mass is 585 g/mol. The number of rotatable bonds is 15. The summed E-state index contributed by atoms with van der Waals surface area (Å²) in [4.78, 5) is 2.25. The molecular formula is C30H37Br2NO. The Kier molecular flexibility index (Phi) is 12.0. The van der Waals surface area contributed by atoms with E-state index in [1.54, 1.807) is 0 Å². The van der Waals surface area contributed by atoms with E-state index in [9.17, 15) is 0 Å². The van der Waals surface area contributed by atoms with Gasteiger partial charge in [0.05, 0.1) is 6.61 Å². The smallest absolute Gasteiger partial charge is 0.119 e. The summed E-state index contributed by atoms with van der Waals surface area (Å²) in [5.41, 5.74) is 3.34. The van der Waals surface area contributed by atoms with Crippen LogP contribution in [-0.4, -0.2) is 6.61 Å². The molecule has 2 nitrogen and oxygen atoms in total. The summed E-state index contributed by atoms with van der Waals surface area (Å²) in [6.45, 7) is 3.07. The first-order valence-electron chi connectivity index (χ1n) is 12.7. The third kappa shape index (κ3) is 9.11. The Morgan fingerprint density at radius 2 is 0.912 bits per heavy atom. The minimum absolute atomic E-state index is 0.791. The molecule has 0 N–H and O–H groups in total. The zero-order valence-corrected chi connectivity index (χ0v) is 23.5. The van der Waals surface area contributed by atoms with E-state index in [1.165, 1.54) is 57.8 Å². The van der Waals surface area contributed by atoms with E-state index in [2.05, 4.69) is 116 Å². The van der Waals surface area contributed by atoms with E-state index in [1.807, 2.05) is 0 Å². The SMILES string of the molecule is CCCCCCCCCCCCOc1ccc(N(c2ccc(Br)cc2)c2ccc(Br)cc2)cc1. The average molecular weight is 587 g/mol. The van der Waals surface area contributed by atoms with Crippen LogP contribution in [0.5, 0.6) is 5.75 Å². The predicted octanol–water partition coefficient (Wildman–Crippen LogP) is 11.0. The summed E-state index contributed by atoms with van der Waals surface area (Å²) < 4.78 is 8.17. The second-order valence-electron chi connectivity index (χ2n) is 8.81. The Balaban J connectivity index is 1.48. The fraction of sp³-hybridized carbons (Fsp3) is 0.400. The molecule has 0 fully saturated rings. The maximum atomic E-state index is 6.02. The summed E-state index contributed by atoms with van der Waals surface area (Å²) in [5, 5.41) is 0. The Labute approximate surface area is 223 Å². The number of hydrogen-bond acceptors (Lipinski definition) is 2. The molecule has 0 aromatic heterocycles. The fourth-order valence-electron chi connectivity index (χ4n) is 4.10. The molecule has 4 heteroatoms. The van der Waals surface area contributed by atoms with Crippen LogP contribution in [0.15, 0.2) is 81.7 Å². The van der Waals surface area contributed by atoms with E-state index in [4.69, 9.17) is 4.74 Å². The van der Waals surface area contributed by atoms with Gasteiger partial charge in [0.25, 0.3) is 0 Å². The van der Waals surface area contributed by atoms with Gasteiger partial charge in [-0.15, -0.1) is 0 Å². The fourth-order valence-corrected chi connectivity index (χ4v) is 4.63. The molecule has 182 valence electrons. The van der Waals surface area contributed by atoms with E-state index >= 15 is 0 Å². The number of hydrogen-bond donors (Lipinski definition) is 0. The summed E-state index contributed by atoms with van der Waals surface area (Å²) in [6.07, 6.45) is 13.4. The lowest BCUT2D eigenvalue weighted by Gasteiger charge is -2.25. The van der Waals surface area contributed by atoms with Crippen molar-refractivity contribution in [3.05, 3.63) is 81.7 Å². The molecule has 0 atom stereocenters. The topological polar surface area (TPSA) is 12.5 Å². The molecule has 0 heterocycles. The third-order valence-corrected chi connectivity index (χ3v) is 7.09. The van der Waals surface area contributed by atoms with Gasteiger partial charge < -0.3 is 9.64 Å². The number of unbranched alkanes of at least 4 members (excludes halogenated alkanes) is 9. The molecule has 0 spiro atoms. The van der Waals surface area contributed by atoms with Gasteiger partial charge in [-0.3, -0.25) is 0 Å². The quantitative estimate of drug-likeness (QED) is 0.164. The van der Waals surface area contributed by atoms with Crippen molar-refractivity contribution in [2.75, 3.05) is 11.5 Å². The van der Waals surface area contributed by atoms with Crippen LogP contribution in [0.2, 0.25) is 0 Å². The molecule has 34 heavy (non-hydrogen) atoms. The lowest BCUT2D eigenvalue weighted by molar-refractivity contribution is 0.304. The van der Waals surface area contributed by atoms with Gasteiger partial charge in [0, 0.05) is 26.0 Å². The van der Waals surface area contributed by atoms with Crippen LogP contribution in [0.25, 0.3) is 0 Å². The van der Waals surface area contributed by atoms with Crippen molar-refractivity contribution >= 4 is 48.9 Å². The van der Waals surface area contributed by atoms with Crippen molar-refractivity contribution in [3.8, 4) is 5.75 Å². The van der Waals surface area contributed by atoms with Gasteiger partial charge in [-0.1, -0.05) is 96.6 Å². The second-order valence-corrected chi connectivity index (χ2v) is 10.6. The molecule has 0 bridgehead atoms. The molecule has 3 rings (SSSR count). The molecule has 0 aliphatic heterocycles. The van der Waals surface area contributed by atoms with Gasteiger partial charge in [-0.2, -0.15) is 0 Å². The molecule has 0 saturated carbocycles. The van der Waals surface area contributed by atoms with Gasteiger partial charge in [-0.25, -0.2) is 0 Å². The van der Waals surface area contributed by atoms with Crippen molar-refractivity contribution in [3.63, 3.8) is 0 Å². The lowest BCUT2D eigenvalue weighted by Crippen LogP contribution is -2.09. The largest absolute Gasteiger partial charge is 0.494 e. The highest BCUT2D eigenvalue weighted by Gasteiger charge is 2.12. The summed E-state index contributed by atoms with van der Waals surface area (Å²) in [7, 11) is 0. The highest BCUT2D eigenvalue weighted by atomic mass is 79.9. The van der Waals surface area contributed by atoms with Crippen LogP contribution in [0, 0.1) is 0 Å². The second kappa shape index (κ2) is 15.3. The highest BCUT2D eigenvalue weighted by molar-refractivity contribution is 9.10. The van der Waals surface area contributed by atoms with E-state index in [0.29, 0.717) is 0 Å². The third-order valence-electron chi connectivity index (χ3n) is 6.03. The number of ether oxygens (including phenoxy) is 1. The van der Waals surface area contributed by atoms with Crippen LogP contribution in [0.3, 0.4) is 0 Å². The van der Waals surface area contributed by atoms with E-state index in [-0.39, 0.29) is 0 Å². The van der Waals surface area contributed by atoms with Gasteiger partial charge in [0.2, 0.25) is 0 Å².